The number of carbonyl (C=O) groups excluding carboxylic acids is 2. The van der Waals surface area contributed by atoms with Crippen molar-refractivity contribution >= 4 is 29.3 Å². The topological polar surface area (TPSA) is 67.9 Å². The maximum atomic E-state index is 12.5. The van der Waals surface area contributed by atoms with Gasteiger partial charge >= 0.3 is 0 Å². The number of carbonyl (C=O) groups is 2. The Morgan fingerprint density at radius 2 is 1.90 bits per heavy atom. The molecular formula is C22H24N2O4S. The average molecular weight is 413 g/mol. The highest BCUT2D eigenvalue weighted by molar-refractivity contribution is 7.99. The van der Waals surface area contributed by atoms with Gasteiger partial charge in [0.1, 0.15) is 13.2 Å². The molecule has 0 spiro atoms. The smallest absolute Gasteiger partial charge is 0.227 e. The normalized spacial score (nSPS) is 18.0. The Bertz CT molecular complexity index is 874. The fraction of sp³-hybridized carbons (Fsp3) is 0.364. The van der Waals surface area contributed by atoms with Gasteiger partial charge in [0.15, 0.2) is 11.5 Å². The van der Waals surface area contributed by atoms with Crippen molar-refractivity contribution in [1.82, 2.24) is 5.32 Å². The van der Waals surface area contributed by atoms with Gasteiger partial charge in [-0.15, -0.1) is 11.8 Å². The van der Waals surface area contributed by atoms with Crippen LogP contribution >= 0.6 is 11.8 Å². The third kappa shape index (κ3) is 4.85. The van der Waals surface area contributed by atoms with Crippen LogP contribution in [0.2, 0.25) is 0 Å². The molecule has 1 unspecified atom stereocenters. The lowest BCUT2D eigenvalue weighted by Crippen LogP contribution is -2.33. The molecule has 1 N–H and O–H groups in total. The predicted octanol–water partition coefficient (Wildman–Crippen LogP) is 3.11. The molecule has 0 aliphatic carbocycles. The van der Waals surface area contributed by atoms with Crippen molar-refractivity contribution in [3.05, 3.63) is 48.5 Å². The van der Waals surface area contributed by atoms with E-state index in [1.54, 1.807) is 16.7 Å². The summed E-state index contributed by atoms with van der Waals surface area (Å²) in [5.41, 5.74) is 0.744. The monoisotopic (exact) mass is 412 g/mol. The van der Waals surface area contributed by atoms with Crippen LogP contribution in [0.1, 0.15) is 12.8 Å². The van der Waals surface area contributed by atoms with Gasteiger partial charge in [-0.1, -0.05) is 18.2 Å². The van der Waals surface area contributed by atoms with Gasteiger partial charge in [0, 0.05) is 36.2 Å². The van der Waals surface area contributed by atoms with Gasteiger partial charge < -0.3 is 19.7 Å². The standard InChI is InChI=1S/C22H24N2O4S/c25-21-13-16(22(26)23-9-4-12-29-18-5-2-1-3-6-18)15-24(21)17-7-8-19-20(14-17)28-11-10-27-19/h1-3,5-8,14,16H,4,9-13,15H2,(H,23,26). The third-order valence-corrected chi connectivity index (χ3v) is 6.06. The van der Waals surface area contributed by atoms with Crippen molar-refractivity contribution in [1.29, 1.82) is 0 Å². The molecule has 0 saturated carbocycles. The van der Waals surface area contributed by atoms with Gasteiger partial charge in [-0.05, 0) is 36.4 Å². The van der Waals surface area contributed by atoms with Crippen LogP contribution in [0.15, 0.2) is 53.4 Å². The quantitative estimate of drug-likeness (QED) is 0.559. The summed E-state index contributed by atoms with van der Waals surface area (Å²) in [7, 11) is 0. The van der Waals surface area contributed by atoms with E-state index < -0.39 is 0 Å². The number of nitrogens with zero attached hydrogens (tertiary/aromatic N) is 1. The molecular weight excluding hydrogens is 388 g/mol. The van der Waals surface area contributed by atoms with Crippen molar-refractivity contribution in [2.24, 2.45) is 5.92 Å². The summed E-state index contributed by atoms with van der Waals surface area (Å²) in [6.45, 7) is 2.04. The molecule has 7 heteroatoms. The SMILES string of the molecule is O=C(NCCCSc1ccccc1)C1CC(=O)N(c2ccc3c(c2)OCCO3)C1. The van der Waals surface area contributed by atoms with Crippen LogP contribution in [0.25, 0.3) is 0 Å². The second kappa shape index (κ2) is 9.22. The molecule has 2 aromatic rings. The van der Waals surface area contributed by atoms with Crippen molar-refractivity contribution in [3.63, 3.8) is 0 Å². The highest BCUT2D eigenvalue weighted by atomic mass is 32.2. The largest absolute Gasteiger partial charge is 0.486 e. The number of benzene rings is 2. The summed E-state index contributed by atoms with van der Waals surface area (Å²) in [6.07, 6.45) is 1.12. The number of hydrogen-bond donors (Lipinski definition) is 1. The minimum atomic E-state index is -0.322. The van der Waals surface area contributed by atoms with E-state index in [2.05, 4.69) is 17.4 Å². The summed E-state index contributed by atoms with van der Waals surface area (Å²) in [4.78, 5) is 27.8. The fourth-order valence-electron chi connectivity index (χ4n) is 3.47. The number of fused-ring (bicyclic) bond motifs is 1. The van der Waals surface area contributed by atoms with Gasteiger partial charge in [0.2, 0.25) is 11.8 Å². The van der Waals surface area contributed by atoms with Crippen LogP contribution in [0.5, 0.6) is 11.5 Å². The molecule has 0 aromatic heterocycles. The Kier molecular flexibility index (Phi) is 6.24. The van der Waals surface area contributed by atoms with Crippen LogP contribution in [-0.4, -0.2) is 43.9 Å². The lowest BCUT2D eigenvalue weighted by molar-refractivity contribution is -0.126. The van der Waals surface area contributed by atoms with E-state index >= 15 is 0 Å². The van der Waals surface area contributed by atoms with E-state index in [1.807, 2.05) is 36.4 Å². The van der Waals surface area contributed by atoms with E-state index in [4.69, 9.17) is 9.47 Å². The van der Waals surface area contributed by atoms with E-state index in [9.17, 15) is 9.59 Å². The number of hydrogen-bond acceptors (Lipinski definition) is 5. The summed E-state index contributed by atoms with van der Waals surface area (Å²) >= 11 is 1.78. The average Bonchev–Trinajstić information content (AvgIpc) is 3.15. The summed E-state index contributed by atoms with van der Waals surface area (Å²) < 4.78 is 11.1. The number of ether oxygens (including phenoxy) is 2. The first-order chi connectivity index (χ1) is 14.2. The van der Waals surface area contributed by atoms with Crippen molar-refractivity contribution in [2.45, 2.75) is 17.7 Å². The molecule has 29 heavy (non-hydrogen) atoms. The maximum absolute atomic E-state index is 12.5. The van der Waals surface area contributed by atoms with Crippen LogP contribution in [0, 0.1) is 5.92 Å². The molecule has 152 valence electrons. The Hall–Kier alpha value is -2.67. The van der Waals surface area contributed by atoms with Crippen LogP contribution < -0.4 is 19.7 Å². The second-order valence-corrected chi connectivity index (χ2v) is 8.21. The number of thioether (sulfide) groups is 1. The zero-order valence-electron chi connectivity index (χ0n) is 16.1. The Labute approximate surface area is 174 Å². The van der Waals surface area contributed by atoms with Gasteiger partial charge in [0.25, 0.3) is 0 Å². The minimum Gasteiger partial charge on any atom is -0.486 e. The first-order valence-corrected chi connectivity index (χ1v) is 10.8. The summed E-state index contributed by atoms with van der Waals surface area (Å²) in [5, 5.41) is 2.98. The molecule has 2 aliphatic heterocycles. The van der Waals surface area contributed by atoms with E-state index in [-0.39, 0.29) is 24.2 Å². The molecule has 2 heterocycles. The van der Waals surface area contributed by atoms with E-state index in [0.29, 0.717) is 37.8 Å². The lowest BCUT2D eigenvalue weighted by atomic mass is 10.1. The molecule has 1 atom stereocenters. The molecule has 2 amide bonds. The van der Waals surface area contributed by atoms with Gasteiger partial charge in [-0.2, -0.15) is 0 Å². The number of rotatable bonds is 7. The number of amides is 2. The van der Waals surface area contributed by atoms with Crippen molar-refractivity contribution < 1.29 is 19.1 Å². The van der Waals surface area contributed by atoms with Gasteiger partial charge in [0.05, 0.1) is 5.92 Å². The number of anilines is 1. The molecule has 6 nitrogen and oxygen atoms in total. The van der Waals surface area contributed by atoms with Gasteiger partial charge in [-0.25, -0.2) is 0 Å². The summed E-state index contributed by atoms with van der Waals surface area (Å²) in [5.74, 6) is 1.86. The van der Waals surface area contributed by atoms with Crippen LogP contribution in [-0.2, 0) is 9.59 Å². The highest BCUT2D eigenvalue weighted by Crippen LogP contribution is 2.36. The lowest BCUT2D eigenvalue weighted by Gasteiger charge is -2.22. The molecule has 0 bridgehead atoms. The second-order valence-electron chi connectivity index (χ2n) is 7.04. The first kappa shape index (κ1) is 19.6. The Balaban J connectivity index is 1.25. The molecule has 0 radical (unpaired) electrons. The fourth-order valence-corrected chi connectivity index (χ4v) is 4.34. The maximum Gasteiger partial charge on any atom is 0.227 e. The van der Waals surface area contributed by atoms with E-state index in [0.717, 1.165) is 17.9 Å². The Morgan fingerprint density at radius 3 is 2.72 bits per heavy atom. The first-order valence-electron chi connectivity index (χ1n) is 9.86. The zero-order chi connectivity index (χ0) is 20.1. The molecule has 2 aromatic carbocycles. The zero-order valence-corrected chi connectivity index (χ0v) is 17.0. The predicted molar refractivity (Wildman–Crippen MR) is 113 cm³/mol. The van der Waals surface area contributed by atoms with Gasteiger partial charge in [-0.3, -0.25) is 9.59 Å². The van der Waals surface area contributed by atoms with E-state index in [1.165, 1.54) is 4.90 Å². The molecule has 1 saturated heterocycles. The van der Waals surface area contributed by atoms with Crippen molar-refractivity contribution in [3.8, 4) is 11.5 Å². The third-order valence-electron chi connectivity index (χ3n) is 4.97. The Morgan fingerprint density at radius 1 is 1.10 bits per heavy atom. The summed E-state index contributed by atoms with van der Waals surface area (Å²) in [6, 6.07) is 15.7. The van der Waals surface area contributed by atoms with Crippen LogP contribution in [0.3, 0.4) is 0 Å². The molecule has 2 aliphatic rings. The van der Waals surface area contributed by atoms with Crippen molar-refractivity contribution in [2.75, 3.05) is 37.0 Å². The highest BCUT2D eigenvalue weighted by Gasteiger charge is 2.35. The molecule has 1 fully saturated rings. The number of nitrogens with one attached hydrogen (secondary N) is 1. The van der Waals surface area contributed by atoms with Crippen LogP contribution in [0.4, 0.5) is 5.69 Å². The minimum absolute atomic E-state index is 0.0403. The molecule has 4 rings (SSSR count).